The van der Waals surface area contributed by atoms with Gasteiger partial charge in [0.25, 0.3) is 5.56 Å². The number of hydrogen-bond donors (Lipinski definition) is 0. The Bertz CT molecular complexity index is 1880. The molecular formula is C36H37N3O4S. The lowest BCUT2D eigenvalue weighted by Crippen LogP contribution is -2.40. The van der Waals surface area contributed by atoms with Gasteiger partial charge in [-0.2, -0.15) is 0 Å². The summed E-state index contributed by atoms with van der Waals surface area (Å²) in [6, 6.07) is 22.8. The number of carbonyl (C=O) groups is 1. The van der Waals surface area contributed by atoms with Gasteiger partial charge in [-0.3, -0.25) is 9.36 Å². The second-order valence-electron chi connectivity index (χ2n) is 11.4. The number of rotatable bonds is 8. The topological polar surface area (TPSA) is 73.1 Å². The van der Waals surface area contributed by atoms with E-state index >= 15 is 0 Å². The molecule has 3 aromatic carbocycles. The largest absolute Gasteiger partial charge is 0.491 e. The Morgan fingerprint density at radius 3 is 2.43 bits per heavy atom. The Labute approximate surface area is 261 Å². The zero-order chi connectivity index (χ0) is 30.8. The summed E-state index contributed by atoms with van der Waals surface area (Å²) in [6.45, 7) is 10.2. The minimum absolute atomic E-state index is 0.0197. The van der Waals surface area contributed by atoms with E-state index in [9.17, 15) is 9.59 Å². The molecular weight excluding hydrogens is 570 g/mol. The lowest BCUT2D eigenvalue weighted by atomic mass is 9.93. The van der Waals surface area contributed by atoms with Crippen molar-refractivity contribution in [2.45, 2.75) is 52.7 Å². The van der Waals surface area contributed by atoms with Crippen LogP contribution in [-0.4, -0.2) is 36.3 Å². The van der Waals surface area contributed by atoms with E-state index in [0.29, 0.717) is 26.4 Å². The molecule has 1 aromatic heterocycles. The molecule has 1 atom stereocenters. The van der Waals surface area contributed by atoms with Crippen LogP contribution in [0.5, 0.6) is 5.75 Å². The Kier molecular flexibility index (Phi) is 8.53. The average Bonchev–Trinajstić information content (AvgIpc) is 3.65. The maximum absolute atomic E-state index is 14.2. The van der Waals surface area contributed by atoms with Crippen LogP contribution in [0.2, 0.25) is 0 Å². The van der Waals surface area contributed by atoms with Crippen LogP contribution in [0.4, 0.5) is 5.69 Å². The number of aromatic nitrogens is 1. The first-order valence-electron chi connectivity index (χ1n) is 15.2. The second kappa shape index (κ2) is 12.7. The summed E-state index contributed by atoms with van der Waals surface area (Å²) < 4.78 is 13.6. The Balaban J connectivity index is 1.53. The highest BCUT2D eigenvalue weighted by Gasteiger charge is 2.35. The van der Waals surface area contributed by atoms with Crippen LogP contribution >= 0.6 is 11.3 Å². The minimum Gasteiger partial charge on any atom is -0.491 e. The van der Waals surface area contributed by atoms with Gasteiger partial charge in [0.15, 0.2) is 4.80 Å². The third kappa shape index (κ3) is 5.86. The van der Waals surface area contributed by atoms with E-state index in [1.807, 2.05) is 74.5 Å². The van der Waals surface area contributed by atoms with Gasteiger partial charge < -0.3 is 14.4 Å². The van der Waals surface area contributed by atoms with Gasteiger partial charge in [-0.05, 0) is 87.6 Å². The standard InChI is InChI=1S/C36H37N3O4S/c1-5-42-35(41)31-32(26-11-7-6-8-12-26)37-36-39(33(31)27-14-16-28(17-15-27)43-23(2)3)34(40)30(44-36)22-25-13-18-29(24(4)21-25)38-19-9-10-20-38/h6-8,11-18,21-23,33H,5,9-10,19-20H2,1-4H3/b30-22-/t33-/m0/s1. The molecule has 226 valence electrons. The number of thiazole rings is 1. The molecule has 0 bridgehead atoms. The highest BCUT2D eigenvalue weighted by molar-refractivity contribution is 7.07. The number of esters is 1. The van der Waals surface area contributed by atoms with Crippen molar-refractivity contribution in [3.63, 3.8) is 0 Å². The number of nitrogens with zero attached hydrogens (tertiary/aromatic N) is 3. The number of carbonyl (C=O) groups excluding carboxylic acids is 1. The SMILES string of the molecule is CCOC(=O)C1=C(c2ccccc2)N=c2s/c(=C\c3ccc(N4CCCC4)c(C)c3)c(=O)n2[C@H]1c1ccc(OC(C)C)cc1. The van der Waals surface area contributed by atoms with Gasteiger partial charge in [0.05, 0.1) is 34.6 Å². The van der Waals surface area contributed by atoms with Gasteiger partial charge in [-0.1, -0.05) is 59.9 Å². The van der Waals surface area contributed by atoms with Gasteiger partial charge in [0, 0.05) is 24.3 Å². The monoisotopic (exact) mass is 607 g/mol. The van der Waals surface area contributed by atoms with E-state index in [-0.39, 0.29) is 18.3 Å². The molecule has 0 radical (unpaired) electrons. The first-order chi connectivity index (χ1) is 21.3. The summed E-state index contributed by atoms with van der Waals surface area (Å²) in [7, 11) is 0. The van der Waals surface area contributed by atoms with Crippen LogP contribution in [0, 0.1) is 6.92 Å². The maximum Gasteiger partial charge on any atom is 0.338 e. The van der Waals surface area contributed by atoms with Crippen molar-refractivity contribution >= 4 is 34.8 Å². The molecule has 3 heterocycles. The van der Waals surface area contributed by atoms with E-state index < -0.39 is 12.0 Å². The second-order valence-corrected chi connectivity index (χ2v) is 12.4. The third-order valence-corrected chi connectivity index (χ3v) is 8.89. The summed E-state index contributed by atoms with van der Waals surface area (Å²) in [5, 5.41) is 0. The van der Waals surface area contributed by atoms with Gasteiger partial charge in [-0.25, -0.2) is 9.79 Å². The molecule has 2 aliphatic rings. The van der Waals surface area contributed by atoms with Crippen molar-refractivity contribution in [3.05, 3.63) is 120 Å². The van der Waals surface area contributed by atoms with Crippen molar-refractivity contribution < 1.29 is 14.3 Å². The predicted molar refractivity (Wildman–Crippen MR) is 176 cm³/mol. The van der Waals surface area contributed by atoms with Crippen molar-refractivity contribution in [1.29, 1.82) is 0 Å². The molecule has 0 saturated carbocycles. The number of hydrogen-bond acceptors (Lipinski definition) is 7. The fourth-order valence-electron chi connectivity index (χ4n) is 5.99. The molecule has 0 amide bonds. The molecule has 0 N–H and O–H groups in total. The van der Waals surface area contributed by atoms with Crippen LogP contribution in [0.1, 0.15) is 61.9 Å². The molecule has 0 unspecified atom stereocenters. The molecule has 4 aromatic rings. The van der Waals surface area contributed by atoms with Crippen molar-refractivity contribution in [3.8, 4) is 5.75 Å². The molecule has 2 aliphatic heterocycles. The van der Waals surface area contributed by atoms with Crippen molar-refractivity contribution in [1.82, 2.24) is 4.57 Å². The summed E-state index contributed by atoms with van der Waals surface area (Å²) >= 11 is 1.33. The van der Waals surface area contributed by atoms with E-state index in [1.165, 1.54) is 35.4 Å². The van der Waals surface area contributed by atoms with E-state index in [2.05, 4.69) is 30.0 Å². The van der Waals surface area contributed by atoms with Crippen LogP contribution in [-0.2, 0) is 9.53 Å². The summed E-state index contributed by atoms with van der Waals surface area (Å²) in [5.74, 6) is 0.221. The number of anilines is 1. The molecule has 1 fully saturated rings. The summed E-state index contributed by atoms with van der Waals surface area (Å²) in [5.41, 5.74) is 5.59. The summed E-state index contributed by atoms with van der Waals surface area (Å²) in [6.07, 6.45) is 4.38. The lowest BCUT2D eigenvalue weighted by Gasteiger charge is -2.26. The number of aryl methyl sites for hydroxylation is 1. The van der Waals surface area contributed by atoms with Gasteiger partial charge in [0.2, 0.25) is 0 Å². The molecule has 44 heavy (non-hydrogen) atoms. The molecule has 6 rings (SSSR count). The van der Waals surface area contributed by atoms with E-state index in [1.54, 1.807) is 11.5 Å². The molecule has 1 saturated heterocycles. The van der Waals surface area contributed by atoms with Gasteiger partial charge >= 0.3 is 5.97 Å². The van der Waals surface area contributed by atoms with Crippen LogP contribution in [0.3, 0.4) is 0 Å². The van der Waals surface area contributed by atoms with Crippen molar-refractivity contribution in [2.24, 2.45) is 4.99 Å². The van der Waals surface area contributed by atoms with Crippen molar-refractivity contribution in [2.75, 3.05) is 24.6 Å². The smallest absolute Gasteiger partial charge is 0.338 e. The highest BCUT2D eigenvalue weighted by Crippen LogP contribution is 2.36. The highest BCUT2D eigenvalue weighted by atomic mass is 32.1. The first-order valence-corrected chi connectivity index (χ1v) is 16.1. The minimum atomic E-state index is -0.727. The third-order valence-electron chi connectivity index (χ3n) is 7.91. The number of benzene rings is 3. The number of ether oxygens (including phenoxy) is 2. The predicted octanol–water partition coefficient (Wildman–Crippen LogP) is 5.63. The van der Waals surface area contributed by atoms with Gasteiger partial charge in [0.1, 0.15) is 5.75 Å². The summed E-state index contributed by atoms with van der Waals surface area (Å²) in [4.78, 5) is 35.8. The normalized spacial score (nSPS) is 16.7. The van der Waals surface area contributed by atoms with Crippen LogP contribution in [0.15, 0.2) is 88.2 Å². The van der Waals surface area contributed by atoms with Crippen LogP contribution in [0.25, 0.3) is 11.8 Å². The molecule has 0 aliphatic carbocycles. The first kappa shape index (κ1) is 29.6. The molecule has 7 nitrogen and oxygen atoms in total. The van der Waals surface area contributed by atoms with Crippen LogP contribution < -0.4 is 24.5 Å². The average molecular weight is 608 g/mol. The Hall–Kier alpha value is -4.43. The van der Waals surface area contributed by atoms with Gasteiger partial charge in [-0.15, -0.1) is 0 Å². The van der Waals surface area contributed by atoms with E-state index in [0.717, 1.165) is 29.8 Å². The lowest BCUT2D eigenvalue weighted by molar-refractivity contribution is -0.138. The number of fused-ring (bicyclic) bond motifs is 1. The Morgan fingerprint density at radius 1 is 1.05 bits per heavy atom. The maximum atomic E-state index is 14.2. The quantitative estimate of drug-likeness (QED) is 0.243. The zero-order valence-corrected chi connectivity index (χ0v) is 26.4. The van der Waals surface area contributed by atoms with E-state index in [4.69, 9.17) is 14.5 Å². The zero-order valence-electron chi connectivity index (χ0n) is 25.6. The fraction of sp³-hybridized carbons (Fsp3) is 0.306. The molecule has 0 spiro atoms. The Morgan fingerprint density at radius 2 is 1.77 bits per heavy atom. The molecule has 8 heteroatoms. The fourth-order valence-corrected chi connectivity index (χ4v) is 6.99.